The maximum absolute atomic E-state index is 12.9. The van der Waals surface area contributed by atoms with Crippen molar-refractivity contribution in [1.82, 2.24) is 14.8 Å². The molecule has 0 unspecified atom stereocenters. The number of ether oxygens (including phenoxy) is 1. The molecule has 3 heterocycles. The van der Waals surface area contributed by atoms with Crippen LogP contribution in [0.5, 0.6) is 0 Å². The Morgan fingerprint density at radius 2 is 1.91 bits per heavy atom. The number of hydrogen-bond donors (Lipinski definition) is 1. The number of anilines is 1. The second-order valence-electron chi connectivity index (χ2n) is 7.95. The van der Waals surface area contributed by atoms with E-state index in [9.17, 15) is 9.59 Å². The van der Waals surface area contributed by atoms with E-state index in [4.69, 9.17) is 9.15 Å². The second-order valence-corrected chi connectivity index (χ2v) is 7.95. The molecule has 164 valence electrons. The van der Waals surface area contributed by atoms with Gasteiger partial charge in [-0.15, -0.1) is 0 Å². The molecular weight excluding hydrogens is 408 g/mol. The van der Waals surface area contributed by atoms with E-state index >= 15 is 0 Å². The molecular formula is C24H24N4O4. The van der Waals surface area contributed by atoms with Gasteiger partial charge in [0.25, 0.3) is 5.91 Å². The molecule has 0 fully saturated rings. The highest BCUT2D eigenvalue weighted by Crippen LogP contribution is 2.27. The van der Waals surface area contributed by atoms with Crippen molar-refractivity contribution >= 4 is 28.6 Å². The third-order valence-electron chi connectivity index (χ3n) is 4.89. The van der Waals surface area contributed by atoms with E-state index in [-0.39, 0.29) is 11.6 Å². The van der Waals surface area contributed by atoms with Gasteiger partial charge in [0.1, 0.15) is 5.69 Å². The maximum Gasteiger partial charge on any atom is 0.339 e. The summed E-state index contributed by atoms with van der Waals surface area (Å²) in [4.78, 5) is 29.9. The predicted octanol–water partition coefficient (Wildman–Crippen LogP) is 4.68. The van der Waals surface area contributed by atoms with E-state index in [0.717, 1.165) is 11.1 Å². The Hall–Kier alpha value is -3.94. The Morgan fingerprint density at radius 3 is 2.56 bits per heavy atom. The van der Waals surface area contributed by atoms with E-state index in [0.29, 0.717) is 28.2 Å². The molecule has 0 atom stereocenters. The molecule has 0 radical (unpaired) electrons. The van der Waals surface area contributed by atoms with E-state index < -0.39 is 18.5 Å². The maximum atomic E-state index is 12.9. The summed E-state index contributed by atoms with van der Waals surface area (Å²) >= 11 is 0. The zero-order chi connectivity index (χ0) is 22.8. The highest BCUT2D eigenvalue weighted by molar-refractivity contribution is 6.04. The summed E-state index contributed by atoms with van der Waals surface area (Å²) in [5.41, 5.74) is 4.02. The number of rotatable bonds is 6. The van der Waals surface area contributed by atoms with E-state index in [1.165, 1.54) is 6.26 Å². The first-order chi connectivity index (χ1) is 15.3. The minimum atomic E-state index is -0.635. The van der Waals surface area contributed by atoms with Gasteiger partial charge >= 0.3 is 5.97 Å². The van der Waals surface area contributed by atoms with Gasteiger partial charge in [0.2, 0.25) is 0 Å². The lowest BCUT2D eigenvalue weighted by Gasteiger charge is -2.10. The normalized spacial score (nSPS) is 11.2. The van der Waals surface area contributed by atoms with Crippen LogP contribution < -0.4 is 5.32 Å². The number of benzene rings is 1. The minimum Gasteiger partial charge on any atom is -0.463 e. The first-order valence-electron chi connectivity index (χ1n) is 10.3. The Balaban J connectivity index is 1.58. The van der Waals surface area contributed by atoms with E-state index in [2.05, 4.69) is 15.4 Å². The van der Waals surface area contributed by atoms with Crippen molar-refractivity contribution < 1.29 is 18.7 Å². The zero-order valence-corrected chi connectivity index (χ0v) is 18.4. The molecule has 8 heteroatoms. The van der Waals surface area contributed by atoms with Crippen molar-refractivity contribution in [1.29, 1.82) is 0 Å². The Morgan fingerprint density at radius 1 is 1.16 bits per heavy atom. The van der Waals surface area contributed by atoms with Crippen molar-refractivity contribution in [2.45, 2.75) is 33.7 Å². The van der Waals surface area contributed by atoms with Crippen LogP contribution in [0.3, 0.4) is 0 Å². The van der Waals surface area contributed by atoms with Crippen LogP contribution in [-0.4, -0.2) is 33.2 Å². The van der Waals surface area contributed by atoms with Gasteiger partial charge in [-0.2, -0.15) is 5.10 Å². The van der Waals surface area contributed by atoms with Gasteiger partial charge in [-0.1, -0.05) is 6.07 Å². The monoisotopic (exact) mass is 432 g/mol. The molecule has 0 saturated heterocycles. The molecule has 32 heavy (non-hydrogen) atoms. The van der Waals surface area contributed by atoms with Crippen molar-refractivity contribution in [3.8, 4) is 11.5 Å². The van der Waals surface area contributed by atoms with Crippen molar-refractivity contribution in [2.24, 2.45) is 0 Å². The van der Waals surface area contributed by atoms with Gasteiger partial charge in [0, 0.05) is 11.7 Å². The zero-order valence-electron chi connectivity index (χ0n) is 18.4. The van der Waals surface area contributed by atoms with Gasteiger partial charge in [0.15, 0.2) is 18.0 Å². The van der Waals surface area contributed by atoms with Crippen LogP contribution in [0.2, 0.25) is 0 Å². The quantitative estimate of drug-likeness (QED) is 0.444. The number of carbonyl (C=O) groups excluding carboxylic acids is 2. The van der Waals surface area contributed by atoms with Crippen LogP contribution >= 0.6 is 0 Å². The molecule has 0 aliphatic rings. The Kier molecular flexibility index (Phi) is 5.77. The number of hydrogen-bond acceptors (Lipinski definition) is 6. The summed E-state index contributed by atoms with van der Waals surface area (Å²) in [7, 11) is 0. The van der Waals surface area contributed by atoms with Crippen molar-refractivity contribution in [3.05, 3.63) is 65.5 Å². The largest absolute Gasteiger partial charge is 0.463 e. The first kappa shape index (κ1) is 21.3. The van der Waals surface area contributed by atoms with Crippen LogP contribution in [0.15, 0.2) is 53.3 Å². The lowest BCUT2D eigenvalue weighted by Crippen LogP contribution is -2.21. The van der Waals surface area contributed by atoms with Crippen LogP contribution in [-0.2, 0) is 9.53 Å². The van der Waals surface area contributed by atoms with Crippen LogP contribution in [0.25, 0.3) is 22.5 Å². The molecule has 1 amide bonds. The van der Waals surface area contributed by atoms with E-state index in [1.54, 1.807) is 29.1 Å². The number of nitrogens with zero attached hydrogens (tertiary/aromatic N) is 3. The first-order valence-corrected chi connectivity index (χ1v) is 10.3. The summed E-state index contributed by atoms with van der Waals surface area (Å²) in [6, 6.07) is 10.9. The number of fused-ring (bicyclic) bond motifs is 1. The molecule has 1 aromatic carbocycles. The van der Waals surface area contributed by atoms with Crippen LogP contribution in [0.4, 0.5) is 5.69 Å². The number of aryl methyl sites for hydroxylation is 2. The number of aromatic nitrogens is 3. The number of pyridine rings is 1. The van der Waals surface area contributed by atoms with Crippen LogP contribution in [0, 0.1) is 13.8 Å². The fourth-order valence-corrected chi connectivity index (χ4v) is 3.57. The molecule has 0 spiro atoms. The number of furan rings is 1. The topological polar surface area (TPSA) is 99.2 Å². The molecule has 8 nitrogen and oxygen atoms in total. The molecule has 4 aromatic rings. The minimum absolute atomic E-state index is 0.0410. The van der Waals surface area contributed by atoms with Crippen molar-refractivity contribution in [3.63, 3.8) is 0 Å². The smallest absolute Gasteiger partial charge is 0.339 e. The number of amides is 1. The standard InChI is InChI=1S/C24H24N4O4/c1-14(2)28-23-19(12-25-28)18(11-20(27-23)21-6-5-7-31-21)24(30)32-13-22(29)26-17-9-15(3)8-16(4)10-17/h5-12,14H,13H2,1-4H3,(H,26,29). The Bertz CT molecular complexity index is 1270. The summed E-state index contributed by atoms with van der Waals surface area (Å²) in [5.74, 6) is -0.535. The number of carbonyl (C=O) groups is 2. The number of nitrogens with one attached hydrogen (secondary N) is 1. The summed E-state index contributed by atoms with van der Waals surface area (Å²) < 4.78 is 12.5. The van der Waals surface area contributed by atoms with Gasteiger partial charge < -0.3 is 14.5 Å². The molecule has 4 rings (SSSR count). The summed E-state index contributed by atoms with van der Waals surface area (Å²) in [6.07, 6.45) is 3.12. The van der Waals surface area contributed by atoms with Gasteiger partial charge in [-0.3, -0.25) is 4.79 Å². The average Bonchev–Trinajstić information content (AvgIpc) is 3.40. The average molecular weight is 432 g/mol. The SMILES string of the molecule is Cc1cc(C)cc(NC(=O)COC(=O)c2cc(-c3ccco3)nc3c2cnn3C(C)C)c1. The molecule has 1 N–H and O–H groups in total. The summed E-state index contributed by atoms with van der Waals surface area (Å²) in [5, 5.41) is 7.67. The van der Waals surface area contributed by atoms with Gasteiger partial charge in [0.05, 0.1) is 23.4 Å². The predicted molar refractivity (Wildman–Crippen MR) is 120 cm³/mol. The van der Waals surface area contributed by atoms with Crippen molar-refractivity contribution in [2.75, 3.05) is 11.9 Å². The highest BCUT2D eigenvalue weighted by Gasteiger charge is 2.21. The van der Waals surface area contributed by atoms with Crippen LogP contribution in [0.1, 0.15) is 41.4 Å². The molecule has 3 aromatic heterocycles. The molecule has 0 bridgehead atoms. The fraction of sp³-hybridized carbons (Fsp3) is 0.250. The molecule has 0 aliphatic heterocycles. The van der Waals surface area contributed by atoms with Gasteiger partial charge in [-0.25, -0.2) is 14.5 Å². The molecule has 0 aliphatic carbocycles. The second kappa shape index (κ2) is 8.66. The van der Waals surface area contributed by atoms with E-state index in [1.807, 2.05) is 45.9 Å². The number of esters is 1. The molecule has 0 saturated carbocycles. The third-order valence-corrected chi connectivity index (χ3v) is 4.89. The lowest BCUT2D eigenvalue weighted by atomic mass is 10.1. The highest BCUT2D eigenvalue weighted by atomic mass is 16.5. The Labute approximate surface area is 185 Å². The summed E-state index contributed by atoms with van der Waals surface area (Å²) in [6.45, 7) is 7.44. The third kappa shape index (κ3) is 4.39. The van der Waals surface area contributed by atoms with Gasteiger partial charge in [-0.05, 0) is 69.2 Å². The lowest BCUT2D eigenvalue weighted by molar-refractivity contribution is -0.119. The fourth-order valence-electron chi connectivity index (χ4n) is 3.57.